The summed E-state index contributed by atoms with van der Waals surface area (Å²) in [6.45, 7) is 2.00. The van der Waals surface area contributed by atoms with Gasteiger partial charge < -0.3 is 25.1 Å². The molecule has 2 amide bonds. The van der Waals surface area contributed by atoms with Gasteiger partial charge in [-0.3, -0.25) is 0 Å². The molecule has 1 unspecified atom stereocenters. The van der Waals surface area contributed by atoms with Crippen molar-refractivity contribution in [3.05, 3.63) is 0 Å². The summed E-state index contributed by atoms with van der Waals surface area (Å²) in [6, 6.07) is -1.40. The summed E-state index contributed by atoms with van der Waals surface area (Å²) in [7, 11) is 1.55. The highest BCUT2D eigenvalue weighted by atomic mass is 16.4. The molecule has 0 aromatic carbocycles. The van der Waals surface area contributed by atoms with Crippen LogP contribution in [0.4, 0.5) is 4.79 Å². The number of amides is 2. The summed E-state index contributed by atoms with van der Waals surface area (Å²) >= 11 is 0. The number of aliphatic hydroxyl groups excluding tert-OH is 2. The van der Waals surface area contributed by atoms with Crippen LogP contribution in [-0.4, -0.2) is 75.5 Å². The van der Waals surface area contributed by atoms with Crippen molar-refractivity contribution in [1.29, 1.82) is 0 Å². The zero-order valence-corrected chi connectivity index (χ0v) is 10.6. The van der Waals surface area contributed by atoms with Gasteiger partial charge in [0.15, 0.2) is 0 Å². The summed E-state index contributed by atoms with van der Waals surface area (Å²) in [6.07, 6.45) is -0.818. The Morgan fingerprint density at radius 1 is 1.50 bits per heavy atom. The van der Waals surface area contributed by atoms with Gasteiger partial charge in [0, 0.05) is 26.6 Å². The first-order chi connectivity index (χ1) is 8.32. The van der Waals surface area contributed by atoms with Crippen molar-refractivity contribution >= 4 is 12.0 Å². The highest BCUT2D eigenvalue weighted by molar-refractivity contribution is 5.83. The van der Waals surface area contributed by atoms with Crippen LogP contribution in [0.2, 0.25) is 0 Å². The molecule has 0 aliphatic carbocycles. The van der Waals surface area contributed by atoms with Crippen molar-refractivity contribution in [2.45, 2.75) is 38.0 Å². The lowest BCUT2D eigenvalue weighted by molar-refractivity contribution is -0.141. The molecule has 1 fully saturated rings. The number of β-amino-alcohol motifs (C(OH)–C–C–N with tert-alkyl or cyclic N) is 1. The van der Waals surface area contributed by atoms with E-state index < -0.39 is 30.3 Å². The van der Waals surface area contributed by atoms with Crippen molar-refractivity contribution in [2.75, 3.05) is 20.1 Å². The summed E-state index contributed by atoms with van der Waals surface area (Å²) in [5, 5.41) is 27.6. The molecule has 18 heavy (non-hydrogen) atoms. The van der Waals surface area contributed by atoms with Gasteiger partial charge in [0.1, 0.15) is 6.04 Å². The Bertz CT molecular complexity index is 321. The SMILES string of the molecule is CC(O)CCN(C)C(=O)N1C[C@@H](O)C[C@H]1C(=O)O. The molecule has 1 saturated heterocycles. The average molecular weight is 260 g/mol. The normalized spacial score (nSPS) is 25.0. The predicted molar refractivity (Wildman–Crippen MR) is 63.1 cm³/mol. The molecule has 1 rings (SSSR count). The van der Waals surface area contributed by atoms with E-state index in [1.54, 1.807) is 14.0 Å². The van der Waals surface area contributed by atoms with E-state index in [0.717, 1.165) is 4.90 Å². The van der Waals surface area contributed by atoms with Gasteiger partial charge in [0.2, 0.25) is 0 Å². The topological polar surface area (TPSA) is 101 Å². The predicted octanol–water partition coefficient (Wildman–Crippen LogP) is -0.671. The van der Waals surface area contributed by atoms with Crippen molar-refractivity contribution < 1.29 is 24.9 Å². The van der Waals surface area contributed by atoms with Gasteiger partial charge >= 0.3 is 12.0 Å². The molecule has 0 radical (unpaired) electrons. The van der Waals surface area contributed by atoms with Crippen LogP contribution in [0, 0.1) is 0 Å². The molecule has 0 bridgehead atoms. The Kier molecular flexibility index (Phi) is 4.92. The maximum absolute atomic E-state index is 12.0. The van der Waals surface area contributed by atoms with Crippen LogP contribution < -0.4 is 0 Å². The number of aliphatic hydroxyl groups is 2. The maximum atomic E-state index is 12.0. The Labute approximate surface area is 106 Å². The molecule has 7 nitrogen and oxygen atoms in total. The van der Waals surface area contributed by atoms with Gasteiger partial charge in [0.25, 0.3) is 0 Å². The number of carbonyl (C=O) groups excluding carboxylic acids is 1. The van der Waals surface area contributed by atoms with E-state index in [-0.39, 0.29) is 13.0 Å². The number of carboxylic acid groups (broad SMARTS) is 1. The largest absolute Gasteiger partial charge is 0.480 e. The lowest BCUT2D eigenvalue weighted by Gasteiger charge is -2.27. The van der Waals surface area contributed by atoms with E-state index in [0.29, 0.717) is 13.0 Å². The Hall–Kier alpha value is -1.34. The zero-order valence-electron chi connectivity index (χ0n) is 10.6. The number of aliphatic carboxylic acids is 1. The van der Waals surface area contributed by atoms with E-state index in [1.165, 1.54) is 4.90 Å². The molecule has 0 aromatic heterocycles. The number of hydrogen-bond acceptors (Lipinski definition) is 4. The third kappa shape index (κ3) is 3.58. The summed E-state index contributed by atoms with van der Waals surface area (Å²) in [5.41, 5.74) is 0. The molecule has 0 aromatic rings. The molecule has 1 aliphatic heterocycles. The number of carbonyl (C=O) groups is 2. The lowest BCUT2D eigenvalue weighted by Crippen LogP contribution is -2.47. The fraction of sp³-hybridized carbons (Fsp3) is 0.818. The van der Waals surface area contributed by atoms with Crippen LogP contribution in [0.15, 0.2) is 0 Å². The molecule has 1 aliphatic rings. The first-order valence-electron chi connectivity index (χ1n) is 5.93. The first kappa shape index (κ1) is 14.7. The molecule has 0 saturated carbocycles. The Balaban J connectivity index is 2.61. The smallest absolute Gasteiger partial charge is 0.326 e. The van der Waals surface area contributed by atoms with E-state index in [4.69, 9.17) is 10.2 Å². The van der Waals surface area contributed by atoms with Gasteiger partial charge in [-0.15, -0.1) is 0 Å². The minimum absolute atomic E-state index is 0.0365. The number of carboxylic acids is 1. The molecular formula is C11H20N2O5. The Morgan fingerprint density at radius 2 is 2.11 bits per heavy atom. The monoisotopic (exact) mass is 260 g/mol. The van der Waals surface area contributed by atoms with Crippen molar-refractivity contribution in [3.8, 4) is 0 Å². The van der Waals surface area contributed by atoms with Crippen LogP contribution in [-0.2, 0) is 4.79 Å². The minimum Gasteiger partial charge on any atom is -0.480 e. The summed E-state index contributed by atoms with van der Waals surface area (Å²) in [4.78, 5) is 25.5. The standard InChI is InChI=1S/C11H20N2O5/c1-7(14)3-4-12(2)11(18)13-6-8(15)5-9(13)10(16)17/h7-9,14-15H,3-6H2,1-2H3,(H,16,17)/t7?,8-,9-/m0/s1. The molecule has 3 atom stereocenters. The van der Waals surface area contributed by atoms with Crippen LogP contribution in [0.5, 0.6) is 0 Å². The van der Waals surface area contributed by atoms with Gasteiger partial charge in [-0.1, -0.05) is 0 Å². The first-order valence-corrected chi connectivity index (χ1v) is 5.93. The lowest BCUT2D eigenvalue weighted by atomic mass is 10.2. The van der Waals surface area contributed by atoms with Gasteiger partial charge in [0.05, 0.1) is 12.2 Å². The van der Waals surface area contributed by atoms with Gasteiger partial charge in [-0.2, -0.15) is 0 Å². The van der Waals surface area contributed by atoms with Gasteiger partial charge in [-0.05, 0) is 13.3 Å². The van der Waals surface area contributed by atoms with E-state index in [1.807, 2.05) is 0 Å². The highest BCUT2D eigenvalue weighted by Gasteiger charge is 2.39. The molecular weight excluding hydrogens is 240 g/mol. The van der Waals surface area contributed by atoms with Crippen molar-refractivity contribution in [1.82, 2.24) is 9.80 Å². The number of rotatable bonds is 4. The molecule has 3 N–H and O–H groups in total. The molecule has 7 heteroatoms. The zero-order chi connectivity index (χ0) is 13.9. The highest BCUT2D eigenvalue weighted by Crippen LogP contribution is 2.19. The van der Waals surface area contributed by atoms with Crippen LogP contribution in [0.25, 0.3) is 0 Å². The number of nitrogens with zero attached hydrogens (tertiary/aromatic N) is 2. The second-order valence-electron chi connectivity index (χ2n) is 4.74. The maximum Gasteiger partial charge on any atom is 0.326 e. The second kappa shape index (κ2) is 6.01. The Morgan fingerprint density at radius 3 is 2.61 bits per heavy atom. The third-order valence-electron chi connectivity index (χ3n) is 3.02. The molecule has 104 valence electrons. The minimum atomic E-state index is -1.11. The van der Waals surface area contributed by atoms with Crippen LogP contribution >= 0.6 is 0 Å². The van der Waals surface area contributed by atoms with E-state index >= 15 is 0 Å². The number of hydrogen-bond donors (Lipinski definition) is 3. The van der Waals surface area contributed by atoms with E-state index in [9.17, 15) is 14.7 Å². The fourth-order valence-corrected chi connectivity index (χ4v) is 1.95. The number of likely N-dealkylation sites (tertiary alicyclic amines) is 1. The van der Waals surface area contributed by atoms with Crippen molar-refractivity contribution in [2.24, 2.45) is 0 Å². The fourth-order valence-electron chi connectivity index (χ4n) is 1.95. The molecule has 1 heterocycles. The van der Waals surface area contributed by atoms with Crippen LogP contribution in [0.3, 0.4) is 0 Å². The third-order valence-corrected chi connectivity index (χ3v) is 3.02. The van der Waals surface area contributed by atoms with Crippen molar-refractivity contribution in [3.63, 3.8) is 0 Å². The van der Waals surface area contributed by atoms with Gasteiger partial charge in [-0.25, -0.2) is 9.59 Å². The molecule has 0 spiro atoms. The van der Waals surface area contributed by atoms with E-state index in [2.05, 4.69) is 0 Å². The van der Waals surface area contributed by atoms with Crippen LogP contribution in [0.1, 0.15) is 19.8 Å². The number of urea groups is 1. The summed E-state index contributed by atoms with van der Waals surface area (Å²) in [5.74, 6) is -1.11. The summed E-state index contributed by atoms with van der Waals surface area (Å²) < 4.78 is 0. The second-order valence-corrected chi connectivity index (χ2v) is 4.74. The average Bonchev–Trinajstić information content (AvgIpc) is 2.67. The quantitative estimate of drug-likeness (QED) is 0.622.